The molecule has 1 N–H and O–H groups in total. The van der Waals surface area contributed by atoms with Crippen LogP contribution in [-0.2, 0) is 14.6 Å². The molecular formula is C15H22N4O3S. The topological polar surface area (TPSA) is 92.3 Å². The fourth-order valence-electron chi connectivity index (χ4n) is 3.07. The van der Waals surface area contributed by atoms with Crippen LogP contribution in [0.2, 0.25) is 0 Å². The maximum atomic E-state index is 11.9. The summed E-state index contributed by atoms with van der Waals surface area (Å²) in [6.07, 6.45) is 3.62. The Kier molecular flexibility index (Phi) is 4.52. The highest BCUT2D eigenvalue weighted by Crippen LogP contribution is 2.27. The van der Waals surface area contributed by atoms with E-state index < -0.39 is 9.84 Å². The Labute approximate surface area is 136 Å². The van der Waals surface area contributed by atoms with Crippen LogP contribution < -0.4 is 10.2 Å². The Morgan fingerprint density at radius 2 is 2.09 bits per heavy atom. The molecule has 3 rings (SSSR count). The molecule has 8 heteroatoms. The van der Waals surface area contributed by atoms with Crippen molar-refractivity contribution in [2.75, 3.05) is 28.3 Å². The van der Waals surface area contributed by atoms with E-state index in [-0.39, 0.29) is 29.4 Å². The first-order valence-corrected chi connectivity index (χ1v) is 9.92. The van der Waals surface area contributed by atoms with Crippen LogP contribution in [0.5, 0.6) is 0 Å². The van der Waals surface area contributed by atoms with E-state index in [1.807, 2.05) is 11.8 Å². The molecule has 1 saturated heterocycles. The van der Waals surface area contributed by atoms with Crippen molar-refractivity contribution in [2.45, 2.75) is 38.6 Å². The Morgan fingerprint density at radius 3 is 2.57 bits per heavy atom. The third-order valence-corrected chi connectivity index (χ3v) is 6.41. The van der Waals surface area contributed by atoms with Crippen LogP contribution in [0.4, 0.5) is 11.6 Å². The molecule has 1 aliphatic carbocycles. The number of nitrogens with zero attached hydrogens (tertiary/aromatic N) is 3. The number of hydrogen-bond acceptors (Lipinski definition) is 6. The summed E-state index contributed by atoms with van der Waals surface area (Å²) in [7, 11) is -2.94. The highest BCUT2D eigenvalue weighted by molar-refractivity contribution is 7.91. The molecule has 0 spiro atoms. The average Bonchev–Trinajstić information content (AvgIpc) is 2.79. The minimum Gasteiger partial charge on any atom is -0.351 e. The van der Waals surface area contributed by atoms with Crippen LogP contribution in [0.15, 0.2) is 12.1 Å². The van der Waals surface area contributed by atoms with Crippen LogP contribution in [-0.4, -0.2) is 48.6 Å². The first-order chi connectivity index (χ1) is 11.0. The Morgan fingerprint density at radius 1 is 1.30 bits per heavy atom. The average molecular weight is 338 g/mol. The van der Waals surface area contributed by atoms with Gasteiger partial charge in [-0.25, -0.2) is 8.42 Å². The lowest BCUT2D eigenvalue weighted by atomic mass is 9.85. The molecule has 1 aliphatic heterocycles. The zero-order chi connectivity index (χ0) is 16.4. The standard InChI is InChI=1S/C15H22N4O3S/c1-2-19(12-8-9-23(21,22)10-12)14-7-6-13(17-18-14)16-15(20)11-4-3-5-11/h6-7,11-12H,2-5,8-10H2,1H3,(H,16,17,20). The first-order valence-electron chi connectivity index (χ1n) is 8.10. The molecule has 1 aromatic heterocycles. The summed E-state index contributed by atoms with van der Waals surface area (Å²) < 4.78 is 23.3. The summed E-state index contributed by atoms with van der Waals surface area (Å²) in [6.45, 7) is 2.64. The highest BCUT2D eigenvalue weighted by Gasteiger charge is 2.32. The molecule has 2 aliphatic rings. The smallest absolute Gasteiger partial charge is 0.228 e. The number of aromatic nitrogens is 2. The van der Waals surface area contributed by atoms with Crippen molar-refractivity contribution in [2.24, 2.45) is 5.92 Å². The monoisotopic (exact) mass is 338 g/mol. The molecule has 1 saturated carbocycles. The predicted octanol–water partition coefficient (Wildman–Crippen LogP) is 1.23. The van der Waals surface area contributed by atoms with Gasteiger partial charge in [-0.05, 0) is 38.3 Å². The Balaban J connectivity index is 1.66. The van der Waals surface area contributed by atoms with E-state index in [2.05, 4.69) is 15.5 Å². The van der Waals surface area contributed by atoms with Crippen molar-refractivity contribution < 1.29 is 13.2 Å². The van der Waals surface area contributed by atoms with Crippen molar-refractivity contribution in [3.05, 3.63) is 12.1 Å². The van der Waals surface area contributed by atoms with E-state index in [1.54, 1.807) is 12.1 Å². The predicted molar refractivity (Wildman–Crippen MR) is 88.1 cm³/mol. The summed E-state index contributed by atoms with van der Waals surface area (Å²) in [5.74, 6) is 1.61. The van der Waals surface area contributed by atoms with Gasteiger partial charge in [0.05, 0.1) is 11.5 Å². The van der Waals surface area contributed by atoms with Gasteiger partial charge < -0.3 is 10.2 Å². The number of rotatable bonds is 5. The van der Waals surface area contributed by atoms with Crippen LogP contribution in [0.3, 0.4) is 0 Å². The SMILES string of the molecule is CCN(c1ccc(NC(=O)C2CCC2)nn1)C1CCS(=O)(=O)C1. The maximum absolute atomic E-state index is 11.9. The molecule has 0 radical (unpaired) electrons. The summed E-state index contributed by atoms with van der Waals surface area (Å²) in [5, 5.41) is 11.0. The van der Waals surface area contributed by atoms with Gasteiger partial charge in [0.1, 0.15) is 0 Å². The number of nitrogens with one attached hydrogen (secondary N) is 1. The molecule has 23 heavy (non-hydrogen) atoms. The van der Waals surface area contributed by atoms with Crippen molar-refractivity contribution >= 4 is 27.4 Å². The van der Waals surface area contributed by atoms with E-state index in [9.17, 15) is 13.2 Å². The molecule has 2 heterocycles. The number of carbonyl (C=O) groups excluding carboxylic acids is 1. The molecular weight excluding hydrogens is 316 g/mol. The normalized spacial score (nSPS) is 23.3. The van der Waals surface area contributed by atoms with E-state index in [4.69, 9.17) is 0 Å². The zero-order valence-electron chi connectivity index (χ0n) is 13.2. The third-order valence-electron chi connectivity index (χ3n) is 4.66. The largest absolute Gasteiger partial charge is 0.351 e. The zero-order valence-corrected chi connectivity index (χ0v) is 14.1. The molecule has 0 aromatic carbocycles. The number of carbonyl (C=O) groups is 1. The van der Waals surface area contributed by atoms with Crippen molar-refractivity contribution in [1.82, 2.24) is 10.2 Å². The van der Waals surface area contributed by atoms with Crippen LogP contribution in [0.25, 0.3) is 0 Å². The molecule has 1 amide bonds. The van der Waals surface area contributed by atoms with Gasteiger partial charge in [-0.2, -0.15) is 0 Å². The van der Waals surface area contributed by atoms with Gasteiger partial charge in [0, 0.05) is 18.5 Å². The van der Waals surface area contributed by atoms with Crippen LogP contribution in [0.1, 0.15) is 32.6 Å². The van der Waals surface area contributed by atoms with Gasteiger partial charge in [0.2, 0.25) is 5.91 Å². The highest BCUT2D eigenvalue weighted by atomic mass is 32.2. The number of anilines is 2. The fourth-order valence-corrected chi connectivity index (χ4v) is 4.80. The molecule has 126 valence electrons. The minimum atomic E-state index is -2.94. The molecule has 0 bridgehead atoms. The lowest BCUT2D eigenvalue weighted by Gasteiger charge is -2.27. The molecule has 1 aromatic rings. The summed E-state index contributed by atoms with van der Waals surface area (Å²) in [4.78, 5) is 13.9. The lowest BCUT2D eigenvalue weighted by molar-refractivity contribution is -0.122. The van der Waals surface area contributed by atoms with Crippen molar-refractivity contribution in [3.8, 4) is 0 Å². The first kappa shape index (κ1) is 16.2. The van der Waals surface area contributed by atoms with Gasteiger partial charge in [-0.3, -0.25) is 4.79 Å². The van der Waals surface area contributed by atoms with Gasteiger partial charge in [-0.15, -0.1) is 10.2 Å². The number of amides is 1. The van der Waals surface area contributed by atoms with Gasteiger partial charge in [-0.1, -0.05) is 6.42 Å². The molecule has 1 unspecified atom stereocenters. The minimum absolute atomic E-state index is 0.00698. The molecule has 2 fully saturated rings. The number of sulfone groups is 1. The number of hydrogen-bond donors (Lipinski definition) is 1. The summed E-state index contributed by atoms with van der Waals surface area (Å²) >= 11 is 0. The fraction of sp³-hybridized carbons (Fsp3) is 0.667. The third kappa shape index (κ3) is 3.63. The van der Waals surface area contributed by atoms with E-state index >= 15 is 0 Å². The van der Waals surface area contributed by atoms with E-state index in [1.165, 1.54) is 0 Å². The van der Waals surface area contributed by atoms with Crippen molar-refractivity contribution in [3.63, 3.8) is 0 Å². The second-order valence-electron chi connectivity index (χ2n) is 6.24. The summed E-state index contributed by atoms with van der Waals surface area (Å²) in [5.41, 5.74) is 0. The molecule has 1 atom stereocenters. The Hall–Kier alpha value is -1.70. The second kappa shape index (κ2) is 6.43. The molecule has 7 nitrogen and oxygen atoms in total. The van der Waals surface area contributed by atoms with Crippen LogP contribution in [0, 0.1) is 5.92 Å². The van der Waals surface area contributed by atoms with E-state index in [0.717, 1.165) is 19.3 Å². The second-order valence-corrected chi connectivity index (χ2v) is 8.47. The van der Waals surface area contributed by atoms with Gasteiger partial charge >= 0.3 is 0 Å². The van der Waals surface area contributed by atoms with Gasteiger partial charge in [0.15, 0.2) is 21.5 Å². The Bertz CT molecular complexity index is 670. The lowest BCUT2D eigenvalue weighted by Crippen LogP contribution is -2.37. The summed E-state index contributed by atoms with van der Waals surface area (Å²) in [6, 6.07) is 3.47. The van der Waals surface area contributed by atoms with Crippen molar-refractivity contribution in [1.29, 1.82) is 0 Å². The maximum Gasteiger partial charge on any atom is 0.228 e. The van der Waals surface area contributed by atoms with E-state index in [0.29, 0.717) is 24.6 Å². The van der Waals surface area contributed by atoms with Crippen LogP contribution >= 0.6 is 0 Å². The quantitative estimate of drug-likeness (QED) is 0.868. The van der Waals surface area contributed by atoms with Gasteiger partial charge in [0.25, 0.3) is 0 Å².